The average molecular weight is 242 g/mol. The average Bonchev–Trinajstić information content (AvgIpc) is 2.83. The van der Waals surface area contributed by atoms with Gasteiger partial charge in [0.15, 0.2) is 0 Å². The van der Waals surface area contributed by atoms with E-state index in [-0.39, 0.29) is 11.7 Å². The van der Waals surface area contributed by atoms with Gasteiger partial charge in [-0.05, 0) is 44.1 Å². The van der Waals surface area contributed by atoms with Crippen LogP contribution in [0.15, 0.2) is 0 Å². The van der Waals surface area contributed by atoms with Gasteiger partial charge in [0, 0.05) is 6.54 Å². The molecule has 2 aliphatic rings. The first-order valence-corrected chi connectivity index (χ1v) is 7.39. The van der Waals surface area contributed by atoms with Gasteiger partial charge in [-0.1, -0.05) is 6.92 Å². The van der Waals surface area contributed by atoms with Crippen molar-refractivity contribution in [2.45, 2.75) is 45.3 Å². The van der Waals surface area contributed by atoms with Gasteiger partial charge in [-0.25, -0.2) is 0 Å². The summed E-state index contributed by atoms with van der Waals surface area (Å²) in [5.74, 6) is 3.48. The van der Waals surface area contributed by atoms with Gasteiger partial charge in [-0.3, -0.25) is 10.1 Å². The lowest BCUT2D eigenvalue weighted by molar-refractivity contribution is -0.133. The lowest BCUT2D eigenvalue weighted by Gasteiger charge is -2.24. The van der Waals surface area contributed by atoms with Gasteiger partial charge in [0.05, 0.1) is 11.7 Å². The van der Waals surface area contributed by atoms with Crippen LogP contribution >= 0.6 is 11.8 Å². The van der Waals surface area contributed by atoms with E-state index in [0.29, 0.717) is 11.8 Å². The zero-order chi connectivity index (χ0) is 11.8. The van der Waals surface area contributed by atoms with Crippen molar-refractivity contribution in [2.24, 2.45) is 5.92 Å². The number of hydrogen-bond acceptors (Lipinski definition) is 3. The minimum atomic E-state index is -0.328. The van der Waals surface area contributed by atoms with Gasteiger partial charge < -0.3 is 4.90 Å². The Kier molecular flexibility index (Phi) is 3.50. The molecule has 3 unspecified atom stereocenters. The van der Waals surface area contributed by atoms with Crippen molar-refractivity contribution in [3.63, 3.8) is 0 Å². The number of hydrogen-bond donors (Lipinski definition) is 1. The normalized spacial score (nSPS) is 39.7. The summed E-state index contributed by atoms with van der Waals surface area (Å²) in [6.07, 6.45) is 2.33. The van der Waals surface area contributed by atoms with Crippen molar-refractivity contribution in [1.29, 1.82) is 0 Å². The second-order valence-corrected chi connectivity index (χ2v) is 6.34. The summed E-state index contributed by atoms with van der Waals surface area (Å²) in [5.41, 5.74) is -0.328. The Balaban J connectivity index is 2.01. The van der Waals surface area contributed by atoms with Gasteiger partial charge in [0.2, 0.25) is 5.91 Å². The molecule has 0 aromatic rings. The highest BCUT2D eigenvalue weighted by molar-refractivity contribution is 7.99. The van der Waals surface area contributed by atoms with Crippen LogP contribution in [0.2, 0.25) is 0 Å². The van der Waals surface area contributed by atoms with Crippen LogP contribution in [0.25, 0.3) is 0 Å². The molecular weight excluding hydrogens is 220 g/mol. The smallest absolute Gasteiger partial charge is 0.243 e. The zero-order valence-corrected chi connectivity index (χ0v) is 11.3. The number of nitrogens with one attached hydrogen (secondary N) is 1. The number of carbonyl (C=O) groups excluding carboxylic acids is 1. The maximum atomic E-state index is 12.3. The Hall–Kier alpha value is -0.220. The van der Waals surface area contributed by atoms with Gasteiger partial charge in [0.25, 0.3) is 0 Å². The summed E-state index contributed by atoms with van der Waals surface area (Å²) in [7, 11) is 0. The van der Waals surface area contributed by atoms with Crippen LogP contribution in [0.5, 0.6) is 0 Å². The minimum absolute atomic E-state index is 0.197. The number of nitrogens with zero attached hydrogens (tertiary/aromatic N) is 1. The van der Waals surface area contributed by atoms with E-state index in [2.05, 4.69) is 19.2 Å². The minimum Gasteiger partial charge on any atom is -0.326 e. The monoisotopic (exact) mass is 242 g/mol. The number of thioether (sulfide) groups is 1. The first-order chi connectivity index (χ1) is 7.57. The highest BCUT2D eigenvalue weighted by atomic mass is 32.2. The molecule has 0 aromatic carbocycles. The molecule has 1 amide bonds. The largest absolute Gasteiger partial charge is 0.326 e. The molecule has 2 aliphatic heterocycles. The van der Waals surface area contributed by atoms with Crippen molar-refractivity contribution < 1.29 is 4.79 Å². The second kappa shape index (κ2) is 4.57. The predicted octanol–water partition coefficient (Wildman–Crippen LogP) is 1.69. The molecule has 2 heterocycles. The standard InChI is InChI=1S/C12H22N2OS/c1-4-12(3)11(15)14(9(2)13-12)7-10-5-6-16-8-10/h9-10,13H,4-8H2,1-3H3. The Morgan fingerprint density at radius 2 is 2.38 bits per heavy atom. The molecule has 2 rings (SSSR count). The van der Waals surface area contributed by atoms with E-state index < -0.39 is 0 Å². The third-order valence-corrected chi connectivity index (χ3v) is 5.15. The molecule has 0 aromatic heterocycles. The van der Waals surface area contributed by atoms with Crippen LogP contribution < -0.4 is 5.32 Å². The quantitative estimate of drug-likeness (QED) is 0.817. The van der Waals surface area contributed by atoms with Crippen molar-refractivity contribution in [3.05, 3.63) is 0 Å². The number of rotatable bonds is 3. The number of amides is 1. The molecule has 0 radical (unpaired) electrons. The van der Waals surface area contributed by atoms with Gasteiger partial charge in [-0.2, -0.15) is 11.8 Å². The molecular formula is C12H22N2OS. The van der Waals surface area contributed by atoms with E-state index in [1.54, 1.807) is 0 Å². The van der Waals surface area contributed by atoms with Crippen LogP contribution in [0, 0.1) is 5.92 Å². The van der Waals surface area contributed by atoms with Crippen molar-refractivity contribution in [3.8, 4) is 0 Å². The lowest BCUT2D eigenvalue weighted by Crippen LogP contribution is -2.43. The first kappa shape index (κ1) is 12.2. The van der Waals surface area contributed by atoms with Crippen LogP contribution in [0.3, 0.4) is 0 Å². The molecule has 1 N–H and O–H groups in total. The van der Waals surface area contributed by atoms with E-state index in [0.717, 1.165) is 13.0 Å². The summed E-state index contributed by atoms with van der Waals surface area (Å²) in [4.78, 5) is 14.4. The molecule has 2 fully saturated rings. The highest BCUT2D eigenvalue weighted by Gasteiger charge is 2.45. The topological polar surface area (TPSA) is 32.3 Å². The summed E-state index contributed by atoms with van der Waals surface area (Å²) >= 11 is 2.02. The Morgan fingerprint density at radius 1 is 1.62 bits per heavy atom. The van der Waals surface area contributed by atoms with Crippen LogP contribution in [-0.4, -0.2) is 40.6 Å². The number of carbonyl (C=O) groups is 1. The molecule has 92 valence electrons. The predicted molar refractivity (Wildman–Crippen MR) is 68.4 cm³/mol. The second-order valence-electron chi connectivity index (χ2n) is 5.19. The Bertz CT molecular complexity index is 278. The van der Waals surface area contributed by atoms with E-state index in [1.165, 1.54) is 17.9 Å². The summed E-state index contributed by atoms with van der Waals surface area (Å²) < 4.78 is 0. The molecule has 3 atom stereocenters. The fraction of sp³-hybridized carbons (Fsp3) is 0.917. The van der Waals surface area contributed by atoms with Crippen molar-refractivity contribution in [2.75, 3.05) is 18.1 Å². The van der Waals surface area contributed by atoms with E-state index in [4.69, 9.17) is 0 Å². The zero-order valence-electron chi connectivity index (χ0n) is 10.5. The molecule has 2 saturated heterocycles. The maximum Gasteiger partial charge on any atom is 0.243 e. The van der Waals surface area contributed by atoms with E-state index in [1.807, 2.05) is 23.6 Å². The molecule has 0 aliphatic carbocycles. The van der Waals surface area contributed by atoms with Crippen molar-refractivity contribution in [1.82, 2.24) is 10.2 Å². The van der Waals surface area contributed by atoms with Crippen LogP contribution in [0.1, 0.15) is 33.6 Å². The third kappa shape index (κ3) is 2.09. The van der Waals surface area contributed by atoms with Crippen molar-refractivity contribution >= 4 is 17.7 Å². The van der Waals surface area contributed by atoms with E-state index in [9.17, 15) is 4.79 Å². The molecule has 4 heteroatoms. The first-order valence-electron chi connectivity index (χ1n) is 6.23. The van der Waals surface area contributed by atoms with E-state index >= 15 is 0 Å². The third-order valence-electron chi connectivity index (χ3n) is 3.91. The lowest BCUT2D eigenvalue weighted by atomic mass is 9.99. The Morgan fingerprint density at radius 3 is 2.88 bits per heavy atom. The summed E-state index contributed by atoms with van der Waals surface area (Å²) in [5, 5.41) is 3.42. The molecule has 3 nitrogen and oxygen atoms in total. The highest BCUT2D eigenvalue weighted by Crippen LogP contribution is 2.29. The summed E-state index contributed by atoms with van der Waals surface area (Å²) in [6, 6.07) is 0. The molecule has 0 bridgehead atoms. The van der Waals surface area contributed by atoms with Gasteiger partial charge >= 0.3 is 0 Å². The molecule has 0 spiro atoms. The van der Waals surface area contributed by atoms with Gasteiger partial charge in [0.1, 0.15) is 0 Å². The summed E-state index contributed by atoms with van der Waals surface area (Å²) in [6.45, 7) is 7.14. The molecule has 0 saturated carbocycles. The fourth-order valence-electron chi connectivity index (χ4n) is 2.59. The SMILES string of the molecule is CCC1(C)NC(C)N(CC2CCSC2)C1=O. The van der Waals surface area contributed by atoms with Crippen LogP contribution in [-0.2, 0) is 4.79 Å². The van der Waals surface area contributed by atoms with Gasteiger partial charge in [-0.15, -0.1) is 0 Å². The van der Waals surface area contributed by atoms with Crippen LogP contribution in [0.4, 0.5) is 0 Å². The fourth-order valence-corrected chi connectivity index (χ4v) is 3.87. The maximum absolute atomic E-state index is 12.3. The Labute approximate surface area is 102 Å². The molecule has 16 heavy (non-hydrogen) atoms.